The van der Waals surface area contributed by atoms with Crippen molar-refractivity contribution in [3.05, 3.63) is 72.3 Å². The molecule has 1 aliphatic heterocycles. The number of carbonyl (C=O) groups excluding carboxylic acids is 2. The average molecular weight is 485 g/mol. The summed E-state index contributed by atoms with van der Waals surface area (Å²) < 4.78 is 33.1. The average Bonchev–Trinajstić information content (AvgIpc) is 3.22. The molecule has 2 atom stereocenters. The van der Waals surface area contributed by atoms with E-state index in [2.05, 4.69) is 17.9 Å². The summed E-state index contributed by atoms with van der Waals surface area (Å²) in [6.45, 7) is 2.07. The van der Waals surface area contributed by atoms with Crippen molar-refractivity contribution in [2.75, 3.05) is 18.5 Å². The van der Waals surface area contributed by atoms with Gasteiger partial charge in [0, 0.05) is 17.5 Å². The normalized spacial score (nSPS) is 18.8. The number of rotatable bonds is 6. The van der Waals surface area contributed by atoms with E-state index < -0.39 is 27.9 Å². The van der Waals surface area contributed by atoms with Crippen molar-refractivity contribution in [2.24, 2.45) is 0 Å². The van der Waals surface area contributed by atoms with Gasteiger partial charge in [-0.1, -0.05) is 36.4 Å². The molecule has 2 unspecified atom stereocenters. The number of hydrogen-bond acceptors (Lipinski definition) is 6. The van der Waals surface area contributed by atoms with E-state index >= 15 is 0 Å². The molecule has 7 nitrogen and oxygen atoms in total. The molecule has 0 radical (unpaired) electrons. The molecule has 1 fully saturated rings. The molecule has 1 aliphatic rings. The van der Waals surface area contributed by atoms with Crippen molar-refractivity contribution in [2.45, 2.75) is 29.5 Å². The minimum absolute atomic E-state index is 0.124. The molecular weight excluding hydrogens is 460 g/mol. The van der Waals surface area contributed by atoms with Crippen molar-refractivity contribution >= 4 is 51.0 Å². The molecular formula is C24H24N2O5S2. The fourth-order valence-electron chi connectivity index (χ4n) is 3.92. The van der Waals surface area contributed by atoms with Gasteiger partial charge in [0.25, 0.3) is 0 Å². The van der Waals surface area contributed by atoms with E-state index in [1.165, 1.54) is 10.4 Å². The lowest BCUT2D eigenvalue weighted by atomic mass is 10.1. The first-order valence-corrected chi connectivity index (χ1v) is 12.5. The van der Waals surface area contributed by atoms with Crippen molar-refractivity contribution < 1.29 is 22.7 Å². The number of esters is 1. The van der Waals surface area contributed by atoms with Gasteiger partial charge in [-0.05, 0) is 54.4 Å². The number of ether oxygens (including phenoxy) is 1. The Bertz CT molecular complexity index is 1310. The van der Waals surface area contributed by atoms with Crippen LogP contribution in [0.2, 0.25) is 0 Å². The molecule has 0 saturated carbocycles. The first kappa shape index (κ1) is 23.3. The van der Waals surface area contributed by atoms with E-state index in [0.717, 1.165) is 10.8 Å². The van der Waals surface area contributed by atoms with Gasteiger partial charge in [-0.15, -0.1) is 0 Å². The highest BCUT2D eigenvalue weighted by Gasteiger charge is 2.43. The third-order valence-corrected chi connectivity index (χ3v) is 7.75. The fourth-order valence-corrected chi connectivity index (χ4v) is 6.08. The number of benzene rings is 3. The maximum Gasteiger partial charge on any atom is 0.338 e. The van der Waals surface area contributed by atoms with E-state index in [1.54, 1.807) is 43.3 Å². The predicted octanol–water partition coefficient (Wildman–Crippen LogP) is 3.72. The van der Waals surface area contributed by atoms with E-state index in [1.807, 2.05) is 24.3 Å². The Kier molecular flexibility index (Phi) is 6.73. The molecule has 1 amide bonds. The molecule has 1 saturated heterocycles. The lowest BCUT2D eigenvalue weighted by Crippen LogP contribution is -2.43. The van der Waals surface area contributed by atoms with Crippen LogP contribution in [0.1, 0.15) is 23.7 Å². The van der Waals surface area contributed by atoms with Crippen LogP contribution in [0.4, 0.5) is 5.69 Å². The van der Waals surface area contributed by atoms with E-state index in [0.29, 0.717) is 11.3 Å². The maximum atomic E-state index is 13.5. The monoisotopic (exact) mass is 484 g/mol. The van der Waals surface area contributed by atoms with Crippen molar-refractivity contribution in [3.63, 3.8) is 0 Å². The molecule has 3 aromatic rings. The number of anilines is 1. The molecule has 1 heterocycles. The summed E-state index contributed by atoms with van der Waals surface area (Å²) in [6.07, 6.45) is 0.277. The van der Waals surface area contributed by atoms with Crippen LogP contribution < -0.4 is 5.32 Å². The van der Waals surface area contributed by atoms with Crippen LogP contribution in [0.5, 0.6) is 0 Å². The zero-order chi connectivity index (χ0) is 23.6. The van der Waals surface area contributed by atoms with Gasteiger partial charge < -0.3 is 10.1 Å². The molecule has 0 bridgehead atoms. The Morgan fingerprint density at radius 2 is 1.82 bits per heavy atom. The number of thiol groups is 1. The quantitative estimate of drug-likeness (QED) is 0.411. The number of amides is 1. The van der Waals surface area contributed by atoms with Crippen molar-refractivity contribution in [3.8, 4) is 0 Å². The third kappa shape index (κ3) is 4.90. The Labute approximate surface area is 198 Å². The van der Waals surface area contributed by atoms with Gasteiger partial charge in [0.2, 0.25) is 15.9 Å². The van der Waals surface area contributed by atoms with E-state index in [4.69, 9.17) is 4.74 Å². The Balaban J connectivity index is 1.58. The van der Waals surface area contributed by atoms with Crippen molar-refractivity contribution in [1.82, 2.24) is 4.31 Å². The summed E-state index contributed by atoms with van der Waals surface area (Å²) >= 11 is 4.45. The van der Waals surface area contributed by atoms with Crippen LogP contribution in [-0.4, -0.2) is 49.0 Å². The van der Waals surface area contributed by atoms with Crippen LogP contribution in [0, 0.1) is 0 Å². The lowest BCUT2D eigenvalue weighted by Gasteiger charge is -2.23. The van der Waals surface area contributed by atoms with E-state index in [-0.39, 0.29) is 29.7 Å². The summed E-state index contributed by atoms with van der Waals surface area (Å²) in [5.41, 5.74) is 0.685. The molecule has 33 heavy (non-hydrogen) atoms. The van der Waals surface area contributed by atoms with E-state index in [9.17, 15) is 18.0 Å². The Hall–Kier alpha value is -2.88. The highest BCUT2D eigenvalue weighted by atomic mass is 32.2. The number of sulfonamides is 1. The van der Waals surface area contributed by atoms with Gasteiger partial charge in [-0.25, -0.2) is 13.2 Å². The van der Waals surface area contributed by atoms with Gasteiger partial charge in [-0.3, -0.25) is 4.79 Å². The lowest BCUT2D eigenvalue weighted by molar-refractivity contribution is -0.119. The minimum atomic E-state index is -3.93. The van der Waals surface area contributed by atoms with Crippen molar-refractivity contribution in [1.29, 1.82) is 0 Å². The summed E-state index contributed by atoms with van der Waals surface area (Å²) in [7, 11) is -3.93. The standard InChI is InChI=1S/C24H24N2O5S2/c1-2-31-24(28)18-8-5-9-19(12-18)25-23(27)22-14-20(32)15-26(22)33(29,30)21-11-10-16-6-3-4-7-17(16)13-21/h3-13,20,22,32H,2,14-15H2,1H3,(H,25,27). The largest absolute Gasteiger partial charge is 0.462 e. The minimum Gasteiger partial charge on any atom is -0.462 e. The van der Waals surface area contributed by atoms with Gasteiger partial charge in [0.1, 0.15) is 6.04 Å². The molecule has 172 valence electrons. The first-order valence-electron chi connectivity index (χ1n) is 10.6. The van der Waals surface area contributed by atoms with Crippen LogP contribution in [0.15, 0.2) is 71.6 Å². The number of carbonyl (C=O) groups is 2. The summed E-state index contributed by atoms with van der Waals surface area (Å²) in [6, 6.07) is 17.9. The summed E-state index contributed by atoms with van der Waals surface area (Å²) in [5.74, 6) is -0.970. The zero-order valence-corrected chi connectivity index (χ0v) is 19.7. The van der Waals surface area contributed by atoms with Gasteiger partial charge in [0.05, 0.1) is 17.1 Å². The molecule has 3 aromatic carbocycles. The number of hydrogen-bond donors (Lipinski definition) is 2. The van der Waals surface area contributed by atoms with Gasteiger partial charge >= 0.3 is 5.97 Å². The molecule has 0 spiro atoms. The highest BCUT2D eigenvalue weighted by molar-refractivity contribution is 7.89. The second kappa shape index (κ2) is 9.54. The fraction of sp³-hybridized carbons (Fsp3) is 0.250. The van der Waals surface area contributed by atoms with Gasteiger partial charge in [-0.2, -0.15) is 16.9 Å². The number of nitrogens with zero attached hydrogens (tertiary/aromatic N) is 1. The molecule has 4 rings (SSSR count). The molecule has 0 aliphatic carbocycles. The van der Waals surface area contributed by atoms with Crippen LogP contribution in [-0.2, 0) is 19.6 Å². The highest BCUT2D eigenvalue weighted by Crippen LogP contribution is 2.31. The summed E-state index contributed by atoms with van der Waals surface area (Å²) in [5, 5.41) is 4.20. The zero-order valence-electron chi connectivity index (χ0n) is 18.0. The molecule has 9 heteroatoms. The maximum absolute atomic E-state index is 13.5. The van der Waals surface area contributed by atoms with Crippen LogP contribution in [0.25, 0.3) is 10.8 Å². The van der Waals surface area contributed by atoms with Crippen LogP contribution >= 0.6 is 12.6 Å². The first-order chi connectivity index (χ1) is 15.8. The predicted molar refractivity (Wildman–Crippen MR) is 130 cm³/mol. The Morgan fingerprint density at radius 1 is 1.06 bits per heavy atom. The second-order valence-electron chi connectivity index (χ2n) is 7.78. The van der Waals surface area contributed by atoms with Gasteiger partial charge in [0.15, 0.2) is 0 Å². The molecule has 0 aromatic heterocycles. The Morgan fingerprint density at radius 3 is 2.58 bits per heavy atom. The number of nitrogens with one attached hydrogen (secondary N) is 1. The molecule has 1 N–H and O–H groups in total. The second-order valence-corrected chi connectivity index (χ2v) is 10.4. The smallest absolute Gasteiger partial charge is 0.338 e. The SMILES string of the molecule is CCOC(=O)c1cccc(NC(=O)C2CC(S)CN2S(=O)(=O)c2ccc3ccccc3c2)c1. The third-order valence-electron chi connectivity index (χ3n) is 5.51. The van der Waals surface area contributed by atoms with Crippen LogP contribution in [0.3, 0.4) is 0 Å². The number of fused-ring (bicyclic) bond motifs is 1. The topological polar surface area (TPSA) is 92.8 Å². The summed E-state index contributed by atoms with van der Waals surface area (Å²) in [4.78, 5) is 25.2.